The van der Waals surface area contributed by atoms with Gasteiger partial charge in [0.15, 0.2) is 0 Å². The molecule has 1 aromatic carbocycles. The number of halogens is 4. The highest BCUT2D eigenvalue weighted by molar-refractivity contribution is 7.89. The first-order chi connectivity index (χ1) is 14.7. The third kappa shape index (κ3) is 5.70. The number of carbonyl (C=O) groups excluding carboxylic acids is 2. The largest absolute Gasteiger partial charge is 0.426 e. The molecule has 32 heavy (non-hydrogen) atoms. The first-order valence-corrected chi connectivity index (χ1v) is 11.2. The van der Waals surface area contributed by atoms with Crippen LogP contribution in [0.1, 0.15) is 13.3 Å². The fraction of sp³-hybridized carbons (Fsp3) is 0.556. The van der Waals surface area contributed by atoms with E-state index in [0.717, 1.165) is 22.5 Å². The van der Waals surface area contributed by atoms with Crippen LogP contribution in [0.25, 0.3) is 0 Å². The van der Waals surface area contributed by atoms with Crippen LogP contribution in [-0.4, -0.2) is 86.2 Å². The van der Waals surface area contributed by atoms with Crippen molar-refractivity contribution in [1.82, 2.24) is 9.21 Å². The Balaban J connectivity index is 2.10. The molecule has 1 atom stereocenters. The third-order valence-electron chi connectivity index (χ3n) is 4.93. The number of alkyl halides is 3. The summed E-state index contributed by atoms with van der Waals surface area (Å²) in [5.74, 6) is -1.92. The van der Waals surface area contributed by atoms with Crippen LogP contribution in [-0.2, 0) is 24.3 Å². The van der Waals surface area contributed by atoms with E-state index in [4.69, 9.17) is 16.3 Å². The smallest absolute Gasteiger partial charge is 0.384 e. The summed E-state index contributed by atoms with van der Waals surface area (Å²) in [6.07, 6.45) is -5.03. The Morgan fingerprint density at radius 1 is 1.22 bits per heavy atom. The van der Waals surface area contributed by atoms with Crippen molar-refractivity contribution in [2.45, 2.75) is 30.0 Å². The zero-order valence-electron chi connectivity index (χ0n) is 17.3. The summed E-state index contributed by atoms with van der Waals surface area (Å²) < 4.78 is 70.2. The van der Waals surface area contributed by atoms with Gasteiger partial charge < -0.3 is 20.1 Å². The monoisotopic (exact) mass is 501 g/mol. The SMILES string of the molecule is COCCC(=O)N1CCN(S(=O)(=O)c2ccc(NC(=O)C(C)(O)C(F)(F)F)c(Cl)c2)CC1. The van der Waals surface area contributed by atoms with E-state index in [0.29, 0.717) is 0 Å². The molecule has 180 valence electrons. The lowest BCUT2D eigenvalue weighted by molar-refractivity contribution is -0.242. The molecule has 2 amide bonds. The summed E-state index contributed by atoms with van der Waals surface area (Å²) in [7, 11) is -2.53. The fourth-order valence-corrected chi connectivity index (χ4v) is 4.55. The lowest BCUT2D eigenvalue weighted by Crippen LogP contribution is -2.52. The number of carbonyl (C=O) groups is 2. The van der Waals surface area contributed by atoms with Crippen LogP contribution >= 0.6 is 11.6 Å². The van der Waals surface area contributed by atoms with E-state index in [9.17, 15) is 36.3 Å². The van der Waals surface area contributed by atoms with E-state index in [2.05, 4.69) is 0 Å². The highest BCUT2D eigenvalue weighted by atomic mass is 35.5. The number of piperazine rings is 1. The van der Waals surface area contributed by atoms with E-state index < -0.39 is 27.7 Å². The number of sulfonamides is 1. The minimum atomic E-state index is -5.22. The summed E-state index contributed by atoms with van der Waals surface area (Å²) in [5, 5.41) is 10.9. The maximum absolute atomic E-state index is 12.9. The van der Waals surface area contributed by atoms with E-state index in [-0.39, 0.29) is 67.6 Å². The van der Waals surface area contributed by atoms with E-state index >= 15 is 0 Å². The van der Waals surface area contributed by atoms with Crippen molar-refractivity contribution >= 4 is 39.1 Å². The lowest BCUT2D eigenvalue weighted by atomic mass is 10.1. The maximum Gasteiger partial charge on any atom is 0.426 e. The summed E-state index contributed by atoms with van der Waals surface area (Å²) in [6.45, 7) is 1.02. The number of nitrogens with one attached hydrogen (secondary N) is 1. The molecule has 0 bridgehead atoms. The van der Waals surface area contributed by atoms with Crippen LogP contribution in [0.2, 0.25) is 5.02 Å². The van der Waals surface area contributed by atoms with Crippen LogP contribution in [0.4, 0.5) is 18.9 Å². The number of ether oxygens (including phenoxy) is 1. The Hall–Kier alpha value is -1.93. The van der Waals surface area contributed by atoms with Gasteiger partial charge in [-0.05, 0) is 25.1 Å². The standard InChI is InChI=1S/C18H23ClF3N3O6S/c1-17(28,18(20,21)22)16(27)23-14-4-3-12(11-13(14)19)32(29,30)25-8-6-24(7-9-25)15(26)5-10-31-2/h3-4,11,28H,5-10H2,1-2H3,(H,23,27). The van der Waals surface area contributed by atoms with Crippen molar-refractivity contribution in [3.8, 4) is 0 Å². The van der Waals surface area contributed by atoms with Gasteiger partial charge in [0.1, 0.15) is 0 Å². The molecule has 14 heteroatoms. The summed E-state index contributed by atoms with van der Waals surface area (Å²) >= 11 is 5.97. The number of amides is 2. The molecule has 0 radical (unpaired) electrons. The molecule has 0 aromatic heterocycles. The topological polar surface area (TPSA) is 116 Å². The van der Waals surface area contributed by atoms with Crippen LogP contribution in [0, 0.1) is 0 Å². The molecule has 1 aliphatic rings. The molecule has 2 N–H and O–H groups in total. The molecule has 1 heterocycles. The number of aliphatic hydroxyl groups is 1. The van der Waals surface area contributed by atoms with Crippen molar-refractivity contribution in [3.05, 3.63) is 23.2 Å². The molecule has 1 fully saturated rings. The molecule has 2 rings (SSSR count). The Kier molecular flexibility index (Phi) is 8.15. The average Bonchev–Trinajstić information content (AvgIpc) is 2.72. The Bertz CT molecular complexity index is 963. The molecule has 9 nitrogen and oxygen atoms in total. The molecule has 1 aliphatic heterocycles. The number of benzene rings is 1. The van der Waals surface area contributed by atoms with Crippen LogP contribution in [0.3, 0.4) is 0 Å². The molecule has 1 aromatic rings. The van der Waals surface area contributed by atoms with Gasteiger partial charge in [0.05, 0.1) is 28.6 Å². The first-order valence-electron chi connectivity index (χ1n) is 9.38. The number of anilines is 1. The van der Waals surface area contributed by atoms with Crippen molar-refractivity contribution in [1.29, 1.82) is 0 Å². The predicted molar refractivity (Wildman–Crippen MR) is 109 cm³/mol. The predicted octanol–water partition coefficient (Wildman–Crippen LogP) is 1.46. The van der Waals surface area contributed by atoms with Crippen molar-refractivity contribution in [2.75, 3.05) is 45.2 Å². The fourth-order valence-electron chi connectivity index (χ4n) is 2.80. The van der Waals surface area contributed by atoms with Gasteiger partial charge in [-0.25, -0.2) is 8.42 Å². The molecule has 0 saturated carbocycles. The van der Waals surface area contributed by atoms with Gasteiger partial charge in [0.25, 0.3) is 5.91 Å². The number of rotatable bonds is 7. The van der Waals surface area contributed by atoms with Crippen LogP contribution in [0.15, 0.2) is 23.1 Å². The van der Waals surface area contributed by atoms with Gasteiger partial charge >= 0.3 is 6.18 Å². The second-order valence-electron chi connectivity index (χ2n) is 7.19. The van der Waals surface area contributed by atoms with Gasteiger partial charge in [-0.3, -0.25) is 9.59 Å². The molecular weight excluding hydrogens is 479 g/mol. The van der Waals surface area contributed by atoms with Crippen molar-refractivity contribution in [2.24, 2.45) is 0 Å². The zero-order valence-corrected chi connectivity index (χ0v) is 18.9. The summed E-state index contributed by atoms with van der Waals surface area (Å²) in [5.41, 5.74) is -3.96. The average molecular weight is 502 g/mol. The Morgan fingerprint density at radius 3 is 2.31 bits per heavy atom. The second kappa shape index (κ2) is 9.91. The number of hydrogen-bond donors (Lipinski definition) is 2. The molecule has 1 saturated heterocycles. The van der Waals surface area contributed by atoms with Crippen molar-refractivity contribution < 1.29 is 41.0 Å². The minimum absolute atomic E-state index is 0.0472. The number of nitrogens with zero attached hydrogens (tertiary/aromatic N) is 2. The quantitative estimate of drug-likeness (QED) is 0.584. The van der Waals surface area contributed by atoms with Gasteiger partial charge in [-0.1, -0.05) is 11.6 Å². The highest BCUT2D eigenvalue weighted by Crippen LogP contribution is 2.33. The van der Waals surface area contributed by atoms with Gasteiger partial charge in [0.2, 0.25) is 21.5 Å². The second-order valence-corrected chi connectivity index (χ2v) is 9.54. The summed E-state index contributed by atoms with van der Waals surface area (Å²) in [4.78, 5) is 25.1. The number of hydrogen-bond acceptors (Lipinski definition) is 6. The van der Waals surface area contributed by atoms with E-state index in [1.807, 2.05) is 5.32 Å². The van der Waals surface area contributed by atoms with Gasteiger partial charge in [-0.2, -0.15) is 17.5 Å². The molecular formula is C18H23ClF3N3O6S. The van der Waals surface area contributed by atoms with Crippen LogP contribution < -0.4 is 5.32 Å². The highest BCUT2D eigenvalue weighted by Gasteiger charge is 2.55. The maximum atomic E-state index is 12.9. The molecule has 1 unspecified atom stereocenters. The van der Waals surface area contributed by atoms with Gasteiger partial charge in [-0.15, -0.1) is 0 Å². The Labute approximate surface area is 188 Å². The summed E-state index contributed by atoms with van der Waals surface area (Å²) in [6, 6.07) is 3.10. The molecule has 0 spiro atoms. The lowest BCUT2D eigenvalue weighted by Gasteiger charge is -2.34. The normalized spacial score (nSPS) is 17.7. The van der Waals surface area contributed by atoms with E-state index in [1.165, 1.54) is 12.0 Å². The Morgan fingerprint density at radius 2 is 1.81 bits per heavy atom. The first kappa shape index (κ1) is 26.3. The zero-order chi connectivity index (χ0) is 24.3. The third-order valence-corrected chi connectivity index (χ3v) is 7.14. The van der Waals surface area contributed by atoms with Crippen molar-refractivity contribution in [3.63, 3.8) is 0 Å². The minimum Gasteiger partial charge on any atom is -0.384 e. The van der Waals surface area contributed by atoms with Gasteiger partial charge in [0, 0.05) is 33.3 Å². The molecule has 0 aliphatic carbocycles. The van der Waals surface area contributed by atoms with Crippen LogP contribution in [0.5, 0.6) is 0 Å². The van der Waals surface area contributed by atoms with E-state index in [1.54, 1.807) is 0 Å². The number of methoxy groups -OCH3 is 1.